The molecule has 0 saturated carbocycles. The molecule has 0 saturated heterocycles. The number of aliphatic hydroxyl groups excluding tert-OH is 1. The van der Waals surface area contributed by atoms with E-state index in [4.69, 9.17) is 4.43 Å². The van der Waals surface area contributed by atoms with Crippen LogP contribution in [0.4, 0.5) is 4.39 Å². The van der Waals surface area contributed by atoms with Crippen molar-refractivity contribution in [3.8, 4) is 5.75 Å². The molecule has 0 heterocycles. The fraction of sp³-hybridized carbons (Fsp3) is 0.538. The number of hydrogen-bond donors (Lipinski definition) is 1. The molecule has 0 bridgehead atoms. The average Bonchev–Trinajstić information content (AvgIpc) is 2.18. The standard InChI is InChI=1S/C13H21FO2Si/c1-13(2,3)17(4,5)16-12-7-6-11(14)8-10(12)9-15/h6-8,15H,9H2,1-5H3. The van der Waals surface area contributed by atoms with Crippen molar-refractivity contribution in [2.45, 2.75) is 45.5 Å². The summed E-state index contributed by atoms with van der Waals surface area (Å²) in [4.78, 5) is 0. The number of benzene rings is 1. The summed E-state index contributed by atoms with van der Waals surface area (Å²) in [6.07, 6.45) is 0. The van der Waals surface area contributed by atoms with Crippen LogP contribution < -0.4 is 4.43 Å². The van der Waals surface area contributed by atoms with Gasteiger partial charge in [0.2, 0.25) is 8.32 Å². The Morgan fingerprint density at radius 2 is 1.88 bits per heavy atom. The number of hydrogen-bond acceptors (Lipinski definition) is 2. The highest BCUT2D eigenvalue weighted by molar-refractivity contribution is 6.74. The van der Waals surface area contributed by atoms with E-state index in [1.165, 1.54) is 12.1 Å². The molecule has 96 valence electrons. The van der Waals surface area contributed by atoms with Gasteiger partial charge in [-0.15, -0.1) is 0 Å². The summed E-state index contributed by atoms with van der Waals surface area (Å²) in [5.74, 6) is 0.247. The van der Waals surface area contributed by atoms with Crippen LogP contribution in [0.1, 0.15) is 26.3 Å². The monoisotopic (exact) mass is 256 g/mol. The van der Waals surface area contributed by atoms with Crippen molar-refractivity contribution >= 4 is 8.32 Å². The van der Waals surface area contributed by atoms with Crippen molar-refractivity contribution < 1.29 is 13.9 Å². The maximum atomic E-state index is 13.0. The van der Waals surface area contributed by atoms with Crippen molar-refractivity contribution in [2.75, 3.05) is 0 Å². The molecular weight excluding hydrogens is 235 g/mol. The van der Waals surface area contributed by atoms with Crippen molar-refractivity contribution in [2.24, 2.45) is 0 Å². The topological polar surface area (TPSA) is 29.5 Å². The summed E-state index contributed by atoms with van der Waals surface area (Å²) in [6, 6.07) is 4.28. The van der Waals surface area contributed by atoms with Crippen LogP contribution in [0.2, 0.25) is 18.1 Å². The van der Waals surface area contributed by atoms with Crippen LogP contribution in [0.15, 0.2) is 18.2 Å². The van der Waals surface area contributed by atoms with Gasteiger partial charge >= 0.3 is 0 Å². The van der Waals surface area contributed by atoms with E-state index in [1.807, 2.05) is 0 Å². The van der Waals surface area contributed by atoms with Gasteiger partial charge in [0.1, 0.15) is 11.6 Å². The van der Waals surface area contributed by atoms with Gasteiger partial charge in [-0.3, -0.25) is 0 Å². The van der Waals surface area contributed by atoms with Gasteiger partial charge in [0.15, 0.2) is 0 Å². The zero-order valence-corrected chi connectivity index (χ0v) is 12.2. The van der Waals surface area contributed by atoms with Crippen LogP contribution in [0, 0.1) is 5.82 Å². The molecule has 0 spiro atoms. The second-order valence-electron chi connectivity index (χ2n) is 5.77. The molecule has 17 heavy (non-hydrogen) atoms. The summed E-state index contributed by atoms with van der Waals surface area (Å²) >= 11 is 0. The SMILES string of the molecule is CC(C)(C)[Si](C)(C)Oc1ccc(F)cc1CO. The molecule has 1 aromatic carbocycles. The first-order valence-electron chi connectivity index (χ1n) is 5.76. The lowest BCUT2D eigenvalue weighted by molar-refractivity contribution is 0.277. The predicted molar refractivity (Wildman–Crippen MR) is 70.1 cm³/mol. The molecule has 2 nitrogen and oxygen atoms in total. The average molecular weight is 256 g/mol. The smallest absolute Gasteiger partial charge is 0.250 e. The minimum absolute atomic E-state index is 0.0775. The zero-order chi connectivity index (χ0) is 13.3. The van der Waals surface area contributed by atoms with Crippen LogP contribution in [-0.4, -0.2) is 13.4 Å². The van der Waals surface area contributed by atoms with Crippen LogP contribution in [0.5, 0.6) is 5.75 Å². The Balaban J connectivity index is 3.03. The minimum atomic E-state index is -1.94. The molecule has 0 aliphatic heterocycles. The molecule has 1 rings (SSSR count). The highest BCUT2D eigenvalue weighted by Crippen LogP contribution is 2.38. The van der Waals surface area contributed by atoms with Crippen molar-refractivity contribution in [3.63, 3.8) is 0 Å². The van der Waals surface area contributed by atoms with Gasteiger partial charge in [0, 0.05) is 5.56 Å². The van der Waals surface area contributed by atoms with E-state index >= 15 is 0 Å². The second kappa shape index (κ2) is 4.78. The number of halogens is 1. The second-order valence-corrected chi connectivity index (χ2v) is 10.5. The van der Waals surface area contributed by atoms with Gasteiger partial charge in [-0.05, 0) is 36.3 Å². The Kier molecular flexibility index (Phi) is 3.99. The van der Waals surface area contributed by atoms with Gasteiger partial charge in [0.25, 0.3) is 0 Å². The van der Waals surface area contributed by atoms with Crippen molar-refractivity contribution in [1.29, 1.82) is 0 Å². The summed E-state index contributed by atoms with van der Waals surface area (Å²) in [7, 11) is -1.94. The quantitative estimate of drug-likeness (QED) is 0.836. The third-order valence-electron chi connectivity index (χ3n) is 3.36. The van der Waals surface area contributed by atoms with Crippen LogP contribution in [0.25, 0.3) is 0 Å². The molecular formula is C13H21FO2Si. The van der Waals surface area contributed by atoms with E-state index in [9.17, 15) is 9.50 Å². The lowest BCUT2D eigenvalue weighted by Crippen LogP contribution is -2.44. The van der Waals surface area contributed by atoms with Crippen molar-refractivity contribution in [3.05, 3.63) is 29.6 Å². The molecule has 4 heteroatoms. The van der Waals surface area contributed by atoms with E-state index in [1.54, 1.807) is 6.07 Å². The van der Waals surface area contributed by atoms with E-state index in [0.29, 0.717) is 11.3 Å². The minimum Gasteiger partial charge on any atom is -0.543 e. The third-order valence-corrected chi connectivity index (χ3v) is 7.71. The third kappa shape index (κ3) is 3.29. The Morgan fingerprint density at radius 3 is 2.35 bits per heavy atom. The van der Waals surface area contributed by atoms with Crippen LogP contribution in [0.3, 0.4) is 0 Å². The lowest BCUT2D eigenvalue weighted by atomic mass is 10.2. The molecule has 0 amide bonds. The Labute approximate surface area is 104 Å². The van der Waals surface area contributed by atoms with Crippen molar-refractivity contribution in [1.82, 2.24) is 0 Å². The van der Waals surface area contributed by atoms with Gasteiger partial charge < -0.3 is 9.53 Å². The first kappa shape index (κ1) is 14.2. The van der Waals surface area contributed by atoms with Gasteiger partial charge in [-0.25, -0.2) is 4.39 Å². The fourth-order valence-electron chi connectivity index (χ4n) is 1.20. The number of rotatable bonds is 3. The Hall–Kier alpha value is -0.873. The van der Waals surface area contributed by atoms with Gasteiger partial charge in [-0.2, -0.15) is 0 Å². The van der Waals surface area contributed by atoms with Crippen LogP contribution >= 0.6 is 0 Å². The molecule has 0 fully saturated rings. The summed E-state index contributed by atoms with van der Waals surface area (Å²) in [6.45, 7) is 10.5. The summed E-state index contributed by atoms with van der Waals surface area (Å²) in [5.41, 5.74) is 0.509. The zero-order valence-electron chi connectivity index (χ0n) is 11.2. The first-order valence-corrected chi connectivity index (χ1v) is 8.66. The van der Waals surface area contributed by atoms with Gasteiger partial charge in [-0.1, -0.05) is 20.8 Å². The maximum Gasteiger partial charge on any atom is 0.250 e. The molecule has 0 unspecified atom stereocenters. The first-order chi connectivity index (χ1) is 7.67. The number of aliphatic hydroxyl groups is 1. The summed E-state index contributed by atoms with van der Waals surface area (Å²) in [5, 5.41) is 9.29. The summed E-state index contributed by atoms with van der Waals surface area (Å²) < 4.78 is 19.1. The lowest BCUT2D eigenvalue weighted by Gasteiger charge is -2.37. The molecule has 0 aliphatic rings. The Bertz CT molecular complexity index is 397. The maximum absolute atomic E-state index is 13.0. The van der Waals surface area contributed by atoms with Crippen LogP contribution in [-0.2, 0) is 6.61 Å². The predicted octanol–water partition coefficient (Wildman–Crippen LogP) is 3.70. The molecule has 0 aliphatic carbocycles. The molecule has 1 N–H and O–H groups in total. The normalized spacial score (nSPS) is 12.6. The highest BCUT2D eigenvalue weighted by atomic mass is 28.4. The largest absolute Gasteiger partial charge is 0.543 e. The molecule has 0 aromatic heterocycles. The molecule has 1 aromatic rings. The van der Waals surface area contributed by atoms with E-state index in [0.717, 1.165) is 0 Å². The molecule has 0 atom stereocenters. The fourth-order valence-corrected chi connectivity index (χ4v) is 2.25. The highest BCUT2D eigenvalue weighted by Gasteiger charge is 2.39. The Morgan fingerprint density at radius 1 is 1.29 bits per heavy atom. The molecule has 0 radical (unpaired) electrons. The van der Waals surface area contributed by atoms with Gasteiger partial charge in [0.05, 0.1) is 6.61 Å². The van der Waals surface area contributed by atoms with E-state index in [-0.39, 0.29) is 17.5 Å². The van der Waals surface area contributed by atoms with E-state index < -0.39 is 8.32 Å². The van der Waals surface area contributed by atoms with E-state index in [2.05, 4.69) is 33.9 Å².